The molecular formula is C28H48N2O2. The van der Waals surface area contributed by atoms with Crippen molar-refractivity contribution in [2.45, 2.75) is 105 Å². The van der Waals surface area contributed by atoms with E-state index >= 15 is 0 Å². The van der Waals surface area contributed by atoms with Crippen molar-refractivity contribution in [2.24, 2.45) is 40.4 Å². The van der Waals surface area contributed by atoms with Gasteiger partial charge in [0.25, 0.3) is 0 Å². The lowest BCUT2D eigenvalue weighted by Crippen LogP contribution is -2.61. The lowest BCUT2D eigenvalue weighted by Gasteiger charge is -2.62. The summed E-state index contributed by atoms with van der Waals surface area (Å²) in [4.78, 5) is 29.1. The second-order valence-corrected chi connectivity index (χ2v) is 12.3. The van der Waals surface area contributed by atoms with Crippen molar-refractivity contribution in [3.05, 3.63) is 0 Å². The molecule has 1 saturated heterocycles. The summed E-state index contributed by atoms with van der Waals surface area (Å²) in [7, 11) is 2.06. The molecule has 0 aromatic rings. The molecule has 1 unspecified atom stereocenters. The second-order valence-electron chi connectivity index (χ2n) is 12.3. The fourth-order valence-electron chi connectivity index (χ4n) is 9.41. The summed E-state index contributed by atoms with van der Waals surface area (Å²) in [6, 6.07) is 0.455. The minimum atomic E-state index is 0.312. The molecule has 4 heteroatoms. The first-order valence-electron chi connectivity index (χ1n) is 13.7. The van der Waals surface area contributed by atoms with E-state index < -0.39 is 0 Å². The number of piperidine rings is 1. The van der Waals surface area contributed by atoms with Gasteiger partial charge >= 0.3 is 0 Å². The molecule has 3 aliphatic carbocycles. The smallest absolute Gasteiger partial charge is 0.222 e. The summed E-state index contributed by atoms with van der Waals surface area (Å²) < 4.78 is 0. The van der Waals surface area contributed by atoms with Crippen LogP contribution in [0, 0.1) is 40.4 Å². The van der Waals surface area contributed by atoms with E-state index in [9.17, 15) is 9.59 Å². The highest BCUT2D eigenvalue weighted by atomic mass is 16.2. The maximum Gasteiger partial charge on any atom is 0.222 e. The van der Waals surface area contributed by atoms with Gasteiger partial charge in [0.15, 0.2) is 0 Å². The number of likely N-dealkylation sites (tertiary alicyclic amines) is 1. The predicted octanol–water partition coefficient (Wildman–Crippen LogP) is 5.75. The van der Waals surface area contributed by atoms with E-state index in [4.69, 9.17) is 0 Å². The number of fused-ring (bicyclic) bond motifs is 5. The zero-order valence-corrected chi connectivity index (χ0v) is 21.7. The average molecular weight is 445 g/mol. The molecule has 2 amide bonds. The van der Waals surface area contributed by atoms with E-state index in [0.717, 1.165) is 56.0 Å². The molecule has 32 heavy (non-hydrogen) atoms. The van der Waals surface area contributed by atoms with Crippen molar-refractivity contribution >= 4 is 11.8 Å². The van der Waals surface area contributed by atoms with Gasteiger partial charge in [-0.25, -0.2) is 0 Å². The van der Waals surface area contributed by atoms with Crippen LogP contribution >= 0.6 is 0 Å². The van der Waals surface area contributed by atoms with Gasteiger partial charge in [-0.05, 0) is 106 Å². The monoisotopic (exact) mass is 444 g/mol. The number of amides is 2. The first kappa shape index (κ1) is 24.1. The van der Waals surface area contributed by atoms with Crippen LogP contribution < -0.4 is 0 Å². The molecule has 0 aromatic heterocycles. The number of hydrogen-bond acceptors (Lipinski definition) is 2. The van der Waals surface area contributed by atoms with Crippen LogP contribution in [0.2, 0.25) is 0 Å². The van der Waals surface area contributed by atoms with E-state index in [2.05, 4.69) is 46.6 Å². The van der Waals surface area contributed by atoms with Crippen LogP contribution in [0.3, 0.4) is 0 Å². The summed E-state index contributed by atoms with van der Waals surface area (Å²) in [5.41, 5.74) is 0.755. The minimum absolute atomic E-state index is 0.312. The molecule has 8 atom stereocenters. The predicted molar refractivity (Wildman–Crippen MR) is 130 cm³/mol. The second kappa shape index (κ2) is 8.95. The summed E-state index contributed by atoms with van der Waals surface area (Å²) in [6.45, 7) is 13.4. The van der Waals surface area contributed by atoms with Crippen molar-refractivity contribution in [1.29, 1.82) is 0 Å². The van der Waals surface area contributed by atoms with Gasteiger partial charge in [-0.1, -0.05) is 20.8 Å². The van der Waals surface area contributed by atoms with Crippen LogP contribution in [0.4, 0.5) is 0 Å². The molecule has 0 radical (unpaired) electrons. The topological polar surface area (TPSA) is 40.6 Å². The summed E-state index contributed by atoms with van der Waals surface area (Å²) >= 11 is 0. The Hall–Kier alpha value is -1.06. The Bertz CT molecular complexity index is 718. The van der Waals surface area contributed by atoms with Crippen LogP contribution in [-0.4, -0.2) is 47.8 Å². The van der Waals surface area contributed by atoms with Crippen LogP contribution in [0.25, 0.3) is 0 Å². The van der Waals surface area contributed by atoms with Crippen LogP contribution in [0.15, 0.2) is 0 Å². The van der Waals surface area contributed by atoms with Crippen molar-refractivity contribution in [2.75, 3.05) is 20.1 Å². The maximum atomic E-state index is 12.6. The van der Waals surface area contributed by atoms with E-state index in [0.29, 0.717) is 41.0 Å². The van der Waals surface area contributed by atoms with E-state index in [1.165, 1.54) is 38.5 Å². The van der Waals surface area contributed by atoms with Crippen LogP contribution in [-0.2, 0) is 9.59 Å². The Labute approximate surface area is 196 Å². The fraction of sp³-hybridized carbons (Fsp3) is 0.929. The van der Waals surface area contributed by atoms with Gasteiger partial charge in [0.1, 0.15) is 0 Å². The summed E-state index contributed by atoms with van der Waals surface area (Å²) in [6.07, 6.45) is 11.5. The standard InChI is InChI=1S/C28H48N2O2/c1-7-30(8-2)26(32)14-9-19(3)21-11-12-22-20-10-13-24-28(5,18-16-25(31)29(24)6)23(20)15-17-27(21,22)4/h19-24H,7-18H2,1-6H3/t19?,20-,21+,22-,23-,24+,27+,28+/m0/s1. The molecule has 0 spiro atoms. The fourth-order valence-corrected chi connectivity index (χ4v) is 9.41. The van der Waals surface area contributed by atoms with Crippen molar-refractivity contribution in [1.82, 2.24) is 9.80 Å². The molecule has 4 fully saturated rings. The van der Waals surface area contributed by atoms with E-state index in [1.807, 2.05) is 4.90 Å². The molecule has 0 aromatic carbocycles. The highest BCUT2D eigenvalue weighted by molar-refractivity contribution is 5.77. The molecule has 4 nitrogen and oxygen atoms in total. The first-order valence-corrected chi connectivity index (χ1v) is 13.7. The zero-order valence-electron chi connectivity index (χ0n) is 21.7. The van der Waals surface area contributed by atoms with Gasteiger partial charge in [-0.3, -0.25) is 9.59 Å². The Balaban J connectivity index is 1.45. The normalized spacial score (nSPS) is 42.1. The lowest BCUT2D eigenvalue weighted by atomic mass is 9.46. The highest BCUT2D eigenvalue weighted by Crippen LogP contribution is 2.67. The molecule has 4 aliphatic rings. The molecule has 1 aliphatic heterocycles. The first-order chi connectivity index (χ1) is 15.2. The Morgan fingerprint density at radius 3 is 2.41 bits per heavy atom. The number of nitrogens with zero attached hydrogens (tertiary/aromatic N) is 2. The van der Waals surface area contributed by atoms with Gasteiger partial charge in [0, 0.05) is 39.0 Å². The third-order valence-electron chi connectivity index (χ3n) is 11.2. The van der Waals surface area contributed by atoms with Gasteiger partial charge < -0.3 is 9.80 Å². The van der Waals surface area contributed by atoms with Gasteiger partial charge in [0.2, 0.25) is 11.8 Å². The van der Waals surface area contributed by atoms with Crippen molar-refractivity contribution in [3.8, 4) is 0 Å². The SMILES string of the molecule is CCN(CC)C(=O)CCC(C)[C@H]1CC[C@H]2[C@@H]3CC[C@H]4N(C)C(=O)CC[C@]4(C)[C@H]3CC[C@]12C. The third kappa shape index (κ3) is 3.72. The molecule has 3 saturated carbocycles. The third-order valence-corrected chi connectivity index (χ3v) is 11.2. The summed E-state index contributed by atoms with van der Waals surface area (Å²) in [5, 5.41) is 0. The van der Waals surface area contributed by atoms with Gasteiger partial charge in [0.05, 0.1) is 0 Å². The lowest BCUT2D eigenvalue weighted by molar-refractivity contribution is -0.158. The number of hydrogen-bond donors (Lipinski definition) is 0. The highest BCUT2D eigenvalue weighted by Gasteiger charge is 2.61. The number of rotatable bonds is 6. The molecule has 182 valence electrons. The van der Waals surface area contributed by atoms with Crippen LogP contribution in [0.1, 0.15) is 98.8 Å². The summed E-state index contributed by atoms with van der Waals surface area (Å²) in [5.74, 6) is 4.56. The average Bonchev–Trinajstić information content (AvgIpc) is 3.13. The quantitative estimate of drug-likeness (QED) is 0.523. The van der Waals surface area contributed by atoms with Crippen molar-refractivity contribution in [3.63, 3.8) is 0 Å². The molecule has 0 bridgehead atoms. The number of carbonyl (C=O) groups excluding carboxylic acids is 2. The van der Waals surface area contributed by atoms with E-state index in [-0.39, 0.29) is 0 Å². The molecule has 0 N–H and O–H groups in total. The Kier molecular flexibility index (Phi) is 6.73. The molecule has 1 heterocycles. The van der Waals surface area contributed by atoms with Gasteiger partial charge in [-0.2, -0.15) is 0 Å². The molecule has 4 rings (SSSR count). The molecular weight excluding hydrogens is 396 g/mol. The largest absolute Gasteiger partial charge is 0.343 e. The maximum absolute atomic E-state index is 12.6. The van der Waals surface area contributed by atoms with Crippen molar-refractivity contribution < 1.29 is 9.59 Å². The minimum Gasteiger partial charge on any atom is -0.343 e. The van der Waals surface area contributed by atoms with Gasteiger partial charge in [-0.15, -0.1) is 0 Å². The Morgan fingerprint density at radius 2 is 1.72 bits per heavy atom. The van der Waals surface area contributed by atoms with Crippen LogP contribution in [0.5, 0.6) is 0 Å². The zero-order chi connectivity index (χ0) is 23.3. The number of carbonyl (C=O) groups is 2. The Morgan fingerprint density at radius 1 is 1.03 bits per heavy atom. The van der Waals surface area contributed by atoms with E-state index in [1.54, 1.807) is 0 Å².